The van der Waals surface area contributed by atoms with Crippen molar-refractivity contribution in [2.75, 3.05) is 0 Å². The number of unbranched alkanes of at least 4 members (excludes halogenated alkanes) is 1. The van der Waals surface area contributed by atoms with Crippen molar-refractivity contribution in [3.63, 3.8) is 0 Å². The fraction of sp³-hybridized carbons (Fsp3) is 0.217. The van der Waals surface area contributed by atoms with Gasteiger partial charge in [0.05, 0.1) is 0 Å². The smallest absolute Gasteiger partial charge is 0.206 e. The molecule has 4 rings (SSSR count). The topological polar surface area (TPSA) is 34.9 Å². The van der Waals surface area contributed by atoms with Crippen LogP contribution in [0.15, 0.2) is 70.8 Å². The van der Waals surface area contributed by atoms with E-state index < -0.39 is 0 Å². The predicted molar refractivity (Wildman–Crippen MR) is 113 cm³/mol. The lowest BCUT2D eigenvalue weighted by molar-refractivity contribution is 0.689. The molecule has 0 saturated carbocycles. The summed E-state index contributed by atoms with van der Waals surface area (Å²) >= 11 is 1.54. The van der Waals surface area contributed by atoms with Crippen molar-refractivity contribution in [3.05, 3.63) is 87.7 Å². The maximum atomic E-state index is 12.5. The number of aromatic nitrogens is 2. The first-order valence-corrected chi connectivity index (χ1v) is 10.3. The van der Waals surface area contributed by atoms with Crippen LogP contribution in [0.5, 0.6) is 0 Å². The summed E-state index contributed by atoms with van der Waals surface area (Å²) in [5, 5.41) is 1.83. The monoisotopic (exact) mass is 374 g/mol. The van der Waals surface area contributed by atoms with Crippen LogP contribution in [0.4, 0.5) is 0 Å². The molecule has 0 bridgehead atoms. The third-order valence-electron chi connectivity index (χ3n) is 4.80. The lowest BCUT2D eigenvalue weighted by Crippen LogP contribution is -2.10. The fourth-order valence-electron chi connectivity index (χ4n) is 3.35. The van der Waals surface area contributed by atoms with E-state index >= 15 is 0 Å². The van der Waals surface area contributed by atoms with E-state index in [1.807, 2.05) is 11.4 Å². The summed E-state index contributed by atoms with van der Waals surface area (Å²) in [5.74, 6) is 1.01. The number of nitrogens with zero attached hydrogens (tertiary/aromatic N) is 2. The summed E-state index contributed by atoms with van der Waals surface area (Å²) in [6, 6.07) is 20.6. The largest absolute Gasteiger partial charge is 0.320 e. The first-order chi connectivity index (χ1) is 13.3. The molecule has 4 aromatic rings. The molecule has 0 amide bonds. The van der Waals surface area contributed by atoms with Gasteiger partial charge in [-0.05, 0) is 34.6 Å². The number of benzene rings is 2. The number of imidazole rings is 1. The molecule has 0 unspecified atom stereocenters. The number of fused-ring (bicyclic) bond motifs is 1. The summed E-state index contributed by atoms with van der Waals surface area (Å²) in [6.45, 7) is 2.85. The Hall–Kier alpha value is -2.72. The molecule has 0 fully saturated rings. The molecular weight excluding hydrogens is 352 g/mol. The van der Waals surface area contributed by atoms with Gasteiger partial charge in [-0.25, -0.2) is 4.98 Å². The van der Waals surface area contributed by atoms with Crippen molar-refractivity contribution in [2.45, 2.75) is 32.7 Å². The SMILES string of the molecule is CCCCc1nc2sccc(=O)c2n1Cc1ccc(-c2ccccc2)cc1. The van der Waals surface area contributed by atoms with E-state index in [4.69, 9.17) is 4.98 Å². The van der Waals surface area contributed by atoms with E-state index in [1.165, 1.54) is 28.0 Å². The first kappa shape index (κ1) is 17.7. The maximum absolute atomic E-state index is 12.5. The highest BCUT2D eigenvalue weighted by Gasteiger charge is 2.14. The van der Waals surface area contributed by atoms with E-state index in [1.54, 1.807) is 6.07 Å². The first-order valence-electron chi connectivity index (χ1n) is 9.37. The van der Waals surface area contributed by atoms with Crippen molar-refractivity contribution < 1.29 is 0 Å². The maximum Gasteiger partial charge on any atom is 0.206 e. The van der Waals surface area contributed by atoms with Crippen LogP contribution in [-0.2, 0) is 13.0 Å². The quantitative estimate of drug-likeness (QED) is 0.446. The lowest BCUT2D eigenvalue weighted by atomic mass is 10.0. The third kappa shape index (κ3) is 3.71. The van der Waals surface area contributed by atoms with E-state index in [0.29, 0.717) is 6.54 Å². The standard InChI is InChI=1S/C23H22N2OS/c1-2-3-9-21-24-23-22(20(26)14-15-27-23)25(21)16-17-10-12-19(13-11-17)18-7-5-4-6-8-18/h4-8,10-15H,2-3,9,16H2,1H3. The molecule has 0 spiro atoms. The summed E-state index contributed by atoms with van der Waals surface area (Å²) < 4.78 is 2.11. The van der Waals surface area contributed by atoms with Gasteiger partial charge in [-0.3, -0.25) is 4.79 Å². The van der Waals surface area contributed by atoms with Gasteiger partial charge in [0.25, 0.3) is 0 Å². The average molecular weight is 375 g/mol. The molecule has 2 heterocycles. The molecule has 2 aromatic carbocycles. The molecule has 0 aliphatic rings. The van der Waals surface area contributed by atoms with Gasteiger partial charge in [0.15, 0.2) is 0 Å². The summed E-state index contributed by atoms with van der Waals surface area (Å²) in [4.78, 5) is 18.1. The predicted octanol–water partition coefficient (Wildman–Crippen LogP) is 5.52. The minimum absolute atomic E-state index is 0.0555. The van der Waals surface area contributed by atoms with Crippen molar-refractivity contribution in [2.24, 2.45) is 0 Å². The molecule has 136 valence electrons. The van der Waals surface area contributed by atoms with Gasteiger partial charge in [-0.1, -0.05) is 67.9 Å². The van der Waals surface area contributed by atoms with Crippen LogP contribution in [0.2, 0.25) is 0 Å². The highest BCUT2D eigenvalue weighted by molar-refractivity contribution is 7.16. The molecule has 0 saturated heterocycles. The minimum atomic E-state index is 0.0555. The Balaban J connectivity index is 1.69. The van der Waals surface area contributed by atoms with Gasteiger partial charge in [0, 0.05) is 13.0 Å². The van der Waals surface area contributed by atoms with Crippen LogP contribution >= 0.6 is 11.3 Å². The zero-order valence-electron chi connectivity index (χ0n) is 15.4. The number of hydrogen-bond acceptors (Lipinski definition) is 3. The fourth-order valence-corrected chi connectivity index (χ4v) is 4.15. The number of aryl methyl sites for hydroxylation is 1. The van der Waals surface area contributed by atoms with Crippen molar-refractivity contribution >= 4 is 21.7 Å². The molecule has 0 atom stereocenters. The highest BCUT2D eigenvalue weighted by Crippen LogP contribution is 2.22. The number of rotatable bonds is 6. The Labute approximate surface area is 163 Å². The second-order valence-electron chi connectivity index (χ2n) is 6.72. The molecular formula is C23H22N2OS. The normalized spacial score (nSPS) is 11.1. The second-order valence-corrected chi connectivity index (χ2v) is 7.61. The Morgan fingerprint density at radius 3 is 2.44 bits per heavy atom. The molecule has 0 aliphatic heterocycles. The van der Waals surface area contributed by atoms with Crippen molar-refractivity contribution in [1.82, 2.24) is 9.55 Å². The lowest BCUT2D eigenvalue weighted by Gasteiger charge is -2.10. The zero-order valence-corrected chi connectivity index (χ0v) is 16.2. The van der Waals surface area contributed by atoms with Gasteiger partial charge in [-0.2, -0.15) is 0 Å². The summed E-state index contributed by atoms with van der Waals surface area (Å²) in [7, 11) is 0. The van der Waals surface area contributed by atoms with Crippen LogP contribution in [0.1, 0.15) is 31.2 Å². The van der Waals surface area contributed by atoms with Crippen LogP contribution in [0, 0.1) is 0 Å². The van der Waals surface area contributed by atoms with Crippen LogP contribution in [-0.4, -0.2) is 9.55 Å². The highest BCUT2D eigenvalue weighted by atomic mass is 32.1. The van der Waals surface area contributed by atoms with Crippen LogP contribution in [0.25, 0.3) is 21.5 Å². The van der Waals surface area contributed by atoms with Crippen molar-refractivity contribution in [3.8, 4) is 11.1 Å². The Morgan fingerprint density at radius 2 is 1.70 bits per heavy atom. The van der Waals surface area contributed by atoms with Crippen LogP contribution < -0.4 is 5.43 Å². The van der Waals surface area contributed by atoms with Gasteiger partial charge in [-0.15, -0.1) is 11.3 Å². The Kier molecular flexibility index (Phi) is 5.16. The Bertz CT molecular complexity index is 1090. The molecule has 4 heteroatoms. The molecule has 0 radical (unpaired) electrons. The molecule has 0 N–H and O–H groups in total. The van der Waals surface area contributed by atoms with Gasteiger partial charge < -0.3 is 4.57 Å². The van der Waals surface area contributed by atoms with Gasteiger partial charge >= 0.3 is 0 Å². The summed E-state index contributed by atoms with van der Waals surface area (Å²) in [6.07, 6.45) is 3.09. The van der Waals surface area contributed by atoms with Gasteiger partial charge in [0.2, 0.25) is 5.43 Å². The molecule has 2 aromatic heterocycles. The third-order valence-corrected chi connectivity index (χ3v) is 5.58. The second kappa shape index (κ2) is 7.89. The van der Waals surface area contributed by atoms with E-state index in [9.17, 15) is 4.79 Å². The van der Waals surface area contributed by atoms with Gasteiger partial charge in [0.1, 0.15) is 16.2 Å². The van der Waals surface area contributed by atoms with E-state index in [-0.39, 0.29) is 5.43 Å². The summed E-state index contributed by atoms with van der Waals surface area (Å²) in [5.41, 5.74) is 4.39. The van der Waals surface area contributed by atoms with E-state index in [0.717, 1.165) is 35.4 Å². The minimum Gasteiger partial charge on any atom is -0.320 e. The molecule has 3 nitrogen and oxygen atoms in total. The average Bonchev–Trinajstić information content (AvgIpc) is 3.06. The molecule has 0 aliphatic carbocycles. The Morgan fingerprint density at radius 1 is 0.963 bits per heavy atom. The van der Waals surface area contributed by atoms with Crippen LogP contribution in [0.3, 0.4) is 0 Å². The molecule has 27 heavy (non-hydrogen) atoms. The number of hydrogen-bond donors (Lipinski definition) is 0. The van der Waals surface area contributed by atoms with Crippen molar-refractivity contribution in [1.29, 1.82) is 0 Å². The van der Waals surface area contributed by atoms with E-state index in [2.05, 4.69) is 60.0 Å². The zero-order chi connectivity index (χ0) is 18.6.